The van der Waals surface area contributed by atoms with Crippen molar-refractivity contribution in [3.8, 4) is 0 Å². The molecule has 0 aromatic heterocycles. The van der Waals surface area contributed by atoms with E-state index in [0.29, 0.717) is 5.92 Å². The zero-order valence-corrected chi connectivity index (χ0v) is 8.44. The lowest BCUT2D eigenvalue weighted by Crippen LogP contribution is -1.96. The highest BCUT2D eigenvalue weighted by Gasteiger charge is 2.06. The Labute approximate surface area is 75.6 Å². The van der Waals surface area contributed by atoms with Crippen LogP contribution in [0.15, 0.2) is 12.1 Å². The number of aryl methyl sites for hydroxylation is 3. The summed E-state index contributed by atoms with van der Waals surface area (Å²) >= 11 is 0. The predicted molar refractivity (Wildman–Crippen MR) is 54.4 cm³/mol. The molecule has 0 amide bonds. The molecule has 0 nitrogen and oxygen atoms in total. The fourth-order valence-electron chi connectivity index (χ4n) is 1.97. The molecule has 1 aromatic rings. The molecule has 0 N–H and O–H groups in total. The van der Waals surface area contributed by atoms with Gasteiger partial charge >= 0.3 is 0 Å². The summed E-state index contributed by atoms with van der Waals surface area (Å²) in [5.74, 6) is 0.394. The van der Waals surface area contributed by atoms with Gasteiger partial charge in [-0.3, -0.25) is 0 Å². The molecule has 0 spiro atoms. The van der Waals surface area contributed by atoms with Crippen molar-refractivity contribution in [1.29, 1.82) is 0 Å². The normalized spacial score (nSPS) is 10.8. The van der Waals surface area contributed by atoms with Crippen molar-refractivity contribution in [2.75, 3.05) is 0 Å². The Hall–Kier alpha value is -0.780. The first kappa shape index (κ1) is 9.31. The van der Waals surface area contributed by atoms with Crippen molar-refractivity contribution in [2.45, 2.75) is 33.6 Å². The molecule has 0 saturated carbocycles. The second kappa shape index (κ2) is 3.30. The summed E-state index contributed by atoms with van der Waals surface area (Å²) < 4.78 is 0. The Balaban J connectivity index is 3.28. The molecule has 0 fully saturated rings. The summed E-state index contributed by atoms with van der Waals surface area (Å²) in [5.41, 5.74) is 5.49. The van der Waals surface area contributed by atoms with Crippen molar-refractivity contribution >= 4 is 0 Å². The summed E-state index contributed by atoms with van der Waals surface area (Å²) in [6.45, 7) is 12.7. The average Bonchev–Trinajstić information content (AvgIpc) is 1.82. The number of hydrogen-bond acceptors (Lipinski definition) is 0. The lowest BCUT2D eigenvalue weighted by Gasteiger charge is -2.14. The van der Waals surface area contributed by atoms with Crippen LogP contribution in [-0.4, -0.2) is 0 Å². The van der Waals surface area contributed by atoms with E-state index in [0.717, 1.165) is 0 Å². The molecule has 0 heteroatoms. The van der Waals surface area contributed by atoms with Crippen LogP contribution >= 0.6 is 0 Å². The van der Waals surface area contributed by atoms with Crippen molar-refractivity contribution in [1.82, 2.24) is 0 Å². The second-order valence-corrected chi connectivity index (χ2v) is 3.71. The van der Waals surface area contributed by atoms with Gasteiger partial charge in [0.2, 0.25) is 0 Å². The topological polar surface area (TPSA) is 0 Å². The predicted octanol–water partition coefficient (Wildman–Crippen LogP) is 3.55. The van der Waals surface area contributed by atoms with Crippen LogP contribution in [0.5, 0.6) is 0 Å². The van der Waals surface area contributed by atoms with E-state index in [-0.39, 0.29) is 0 Å². The van der Waals surface area contributed by atoms with E-state index in [9.17, 15) is 0 Å². The van der Waals surface area contributed by atoms with Crippen LogP contribution < -0.4 is 0 Å². The SMILES string of the molecule is [CH2]C(C)c1c(C)cc(C)cc1C. The van der Waals surface area contributed by atoms with Gasteiger partial charge in [0.05, 0.1) is 0 Å². The smallest absolute Gasteiger partial charge is 0.0185 e. The van der Waals surface area contributed by atoms with Crippen LogP contribution in [0.1, 0.15) is 35.1 Å². The van der Waals surface area contributed by atoms with Crippen molar-refractivity contribution in [2.24, 2.45) is 0 Å². The maximum Gasteiger partial charge on any atom is -0.0185 e. The molecule has 0 aliphatic heterocycles. The van der Waals surface area contributed by atoms with Gasteiger partial charge in [-0.2, -0.15) is 0 Å². The molecule has 1 unspecified atom stereocenters. The molecule has 0 bridgehead atoms. The molecule has 1 aromatic carbocycles. The first-order valence-electron chi connectivity index (χ1n) is 4.43. The van der Waals surface area contributed by atoms with Crippen LogP contribution in [0.2, 0.25) is 0 Å². The maximum atomic E-state index is 4.06. The molecule has 1 rings (SSSR count). The highest BCUT2D eigenvalue weighted by atomic mass is 14.1. The van der Waals surface area contributed by atoms with Crippen LogP contribution in [-0.2, 0) is 0 Å². The fraction of sp³-hybridized carbons (Fsp3) is 0.417. The van der Waals surface area contributed by atoms with Crippen molar-refractivity contribution in [3.63, 3.8) is 0 Å². The third-order valence-electron chi connectivity index (χ3n) is 2.23. The Bertz CT molecular complexity index is 259. The van der Waals surface area contributed by atoms with Gasteiger partial charge in [0, 0.05) is 0 Å². The molecular weight excluding hydrogens is 144 g/mol. The van der Waals surface area contributed by atoms with E-state index in [1.807, 2.05) is 0 Å². The van der Waals surface area contributed by atoms with Crippen molar-refractivity contribution < 1.29 is 0 Å². The molecule has 0 aliphatic carbocycles. The third kappa shape index (κ3) is 1.69. The lowest BCUT2D eigenvalue weighted by atomic mass is 9.92. The van der Waals surface area contributed by atoms with Crippen LogP contribution in [0.4, 0.5) is 0 Å². The van der Waals surface area contributed by atoms with E-state index in [1.165, 1.54) is 22.3 Å². The maximum absolute atomic E-state index is 4.06. The number of rotatable bonds is 1. The van der Waals surface area contributed by atoms with Gasteiger partial charge < -0.3 is 0 Å². The highest BCUT2D eigenvalue weighted by molar-refractivity contribution is 5.39. The standard InChI is InChI=1S/C12H17/c1-8(2)12-10(4)6-9(3)7-11(12)5/h6-8H,1H2,2-5H3. The fourth-order valence-corrected chi connectivity index (χ4v) is 1.97. The van der Waals surface area contributed by atoms with E-state index < -0.39 is 0 Å². The first-order chi connectivity index (χ1) is 5.52. The molecule has 1 atom stereocenters. The summed E-state index contributed by atoms with van der Waals surface area (Å²) in [5, 5.41) is 0. The van der Waals surface area contributed by atoms with E-state index >= 15 is 0 Å². The Morgan fingerprint density at radius 1 is 1.08 bits per heavy atom. The van der Waals surface area contributed by atoms with E-state index in [4.69, 9.17) is 0 Å². The lowest BCUT2D eigenvalue weighted by molar-refractivity contribution is 0.931. The van der Waals surface area contributed by atoms with Crippen LogP contribution in [0.3, 0.4) is 0 Å². The van der Waals surface area contributed by atoms with Crippen LogP contribution in [0.25, 0.3) is 0 Å². The molecule has 12 heavy (non-hydrogen) atoms. The number of benzene rings is 1. The monoisotopic (exact) mass is 161 g/mol. The zero-order valence-electron chi connectivity index (χ0n) is 8.44. The summed E-state index contributed by atoms with van der Waals surface area (Å²) in [6.07, 6.45) is 0. The molecule has 0 heterocycles. The Kier molecular flexibility index (Phi) is 2.56. The summed E-state index contributed by atoms with van der Waals surface area (Å²) in [7, 11) is 0. The van der Waals surface area contributed by atoms with Gasteiger partial charge in [0.25, 0.3) is 0 Å². The van der Waals surface area contributed by atoms with E-state index in [1.54, 1.807) is 0 Å². The second-order valence-electron chi connectivity index (χ2n) is 3.71. The average molecular weight is 161 g/mol. The van der Waals surface area contributed by atoms with Gasteiger partial charge in [-0.15, -0.1) is 0 Å². The van der Waals surface area contributed by atoms with E-state index in [2.05, 4.69) is 46.8 Å². The Morgan fingerprint density at radius 3 is 1.83 bits per heavy atom. The van der Waals surface area contributed by atoms with Gasteiger partial charge in [-0.05, 0) is 50.3 Å². The minimum atomic E-state index is 0.394. The highest BCUT2D eigenvalue weighted by Crippen LogP contribution is 2.23. The first-order valence-corrected chi connectivity index (χ1v) is 4.43. The molecular formula is C12H17. The summed E-state index contributed by atoms with van der Waals surface area (Å²) in [4.78, 5) is 0. The Morgan fingerprint density at radius 2 is 1.50 bits per heavy atom. The minimum absolute atomic E-state index is 0.394. The van der Waals surface area contributed by atoms with Gasteiger partial charge in [0.15, 0.2) is 0 Å². The van der Waals surface area contributed by atoms with Crippen molar-refractivity contribution in [3.05, 3.63) is 41.3 Å². The largest absolute Gasteiger partial charge is 0.0584 e. The minimum Gasteiger partial charge on any atom is -0.0584 e. The van der Waals surface area contributed by atoms with Gasteiger partial charge in [0.1, 0.15) is 0 Å². The quantitative estimate of drug-likeness (QED) is 0.591. The number of hydrogen-bond donors (Lipinski definition) is 0. The molecule has 0 aliphatic rings. The molecule has 0 saturated heterocycles. The molecule has 1 radical (unpaired) electrons. The zero-order chi connectivity index (χ0) is 9.30. The molecule has 65 valence electrons. The van der Waals surface area contributed by atoms with Gasteiger partial charge in [-0.1, -0.05) is 24.6 Å². The van der Waals surface area contributed by atoms with Gasteiger partial charge in [-0.25, -0.2) is 0 Å². The van der Waals surface area contributed by atoms with Crippen LogP contribution in [0, 0.1) is 27.7 Å². The summed E-state index contributed by atoms with van der Waals surface area (Å²) in [6, 6.07) is 4.45. The third-order valence-corrected chi connectivity index (χ3v) is 2.23.